The Morgan fingerprint density at radius 1 is 1.00 bits per heavy atom. The van der Waals surface area contributed by atoms with E-state index in [1.165, 1.54) is 5.56 Å². The van der Waals surface area contributed by atoms with Crippen LogP contribution in [0.1, 0.15) is 17.5 Å². The van der Waals surface area contributed by atoms with E-state index in [2.05, 4.69) is 11.4 Å². The van der Waals surface area contributed by atoms with Gasteiger partial charge in [0.2, 0.25) is 17.7 Å². The van der Waals surface area contributed by atoms with Gasteiger partial charge in [0.1, 0.15) is 0 Å². The third-order valence-corrected chi connectivity index (χ3v) is 5.46. The summed E-state index contributed by atoms with van der Waals surface area (Å²) in [7, 11) is 0. The number of hydrogen-bond donors (Lipinski definition) is 1. The van der Waals surface area contributed by atoms with E-state index in [1.54, 1.807) is 9.80 Å². The molecule has 0 aromatic heterocycles. The molecule has 0 aliphatic carbocycles. The van der Waals surface area contributed by atoms with E-state index in [0.29, 0.717) is 19.6 Å². The van der Waals surface area contributed by atoms with Crippen LogP contribution in [0.25, 0.3) is 0 Å². The van der Waals surface area contributed by atoms with Gasteiger partial charge in [-0.1, -0.05) is 42.5 Å². The first-order valence-corrected chi connectivity index (χ1v) is 9.59. The molecule has 2 heterocycles. The van der Waals surface area contributed by atoms with Crippen LogP contribution in [0.4, 0.5) is 5.69 Å². The molecule has 1 N–H and O–H groups in total. The van der Waals surface area contributed by atoms with Gasteiger partial charge in [-0.15, -0.1) is 0 Å². The number of nitrogens with one attached hydrogen (secondary N) is 1. The van der Waals surface area contributed by atoms with Crippen molar-refractivity contribution in [1.82, 2.24) is 10.2 Å². The summed E-state index contributed by atoms with van der Waals surface area (Å²) in [5, 5.41) is 2.73. The molecule has 2 aromatic carbocycles. The third-order valence-electron chi connectivity index (χ3n) is 5.46. The highest BCUT2D eigenvalue weighted by atomic mass is 16.2. The van der Waals surface area contributed by atoms with E-state index in [4.69, 9.17) is 0 Å². The van der Waals surface area contributed by atoms with Crippen LogP contribution >= 0.6 is 0 Å². The number of anilines is 1. The van der Waals surface area contributed by atoms with Crippen molar-refractivity contribution in [3.63, 3.8) is 0 Å². The highest BCUT2D eigenvalue weighted by molar-refractivity contribution is 6.00. The Morgan fingerprint density at radius 3 is 2.50 bits per heavy atom. The Morgan fingerprint density at radius 2 is 1.71 bits per heavy atom. The van der Waals surface area contributed by atoms with E-state index < -0.39 is 5.92 Å². The van der Waals surface area contributed by atoms with Crippen LogP contribution in [0.2, 0.25) is 0 Å². The van der Waals surface area contributed by atoms with E-state index in [1.807, 2.05) is 48.5 Å². The van der Waals surface area contributed by atoms with Crippen molar-refractivity contribution in [2.45, 2.75) is 19.4 Å². The van der Waals surface area contributed by atoms with Gasteiger partial charge in [0.25, 0.3) is 0 Å². The minimum Gasteiger partial charge on any atom is -0.347 e. The highest BCUT2D eigenvalue weighted by Gasteiger charge is 2.35. The quantitative estimate of drug-likeness (QED) is 0.882. The summed E-state index contributed by atoms with van der Waals surface area (Å²) in [6.45, 7) is 1.56. The van der Waals surface area contributed by atoms with Crippen molar-refractivity contribution in [2.75, 3.05) is 24.5 Å². The zero-order valence-corrected chi connectivity index (χ0v) is 15.6. The molecule has 6 heteroatoms. The molecule has 28 heavy (non-hydrogen) atoms. The molecular weight excluding hydrogens is 354 g/mol. The Bertz CT molecular complexity index is 897. The standard InChI is InChI=1S/C22H23N3O3/c26-20-12-18(15-25(20)19-8-2-1-3-9-19)22(28)23-13-21(27)24-11-10-16-6-4-5-7-17(16)14-24/h1-9,18H,10-15H2,(H,23,28)/t18-/m0/s1. The van der Waals surface area contributed by atoms with E-state index >= 15 is 0 Å². The van der Waals surface area contributed by atoms with Gasteiger partial charge >= 0.3 is 0 Å². The summed E-state index contributed by atoms with van der Waals surface area (Å²) in [5.41, 5.74) is 3.24. The van der Waals surface area contributed by atoms with Gasteiger partial charge in [-0.2, -0.15) is 0 Å². The fraction of sp³-hybridized carbons (Fsp3) is 0.318. The smallest absolute Gasteiger partial charge is 0.242 e. The van der Waals surface area contributed by atoms with E-state index in [-0.39, 0.29) is 30.7 Å². The predicted octanol–water partition coefficient (Wildman–Crippen LogP) is 1.74. The summed E-state index contributed by atoms with van der Waals surface area (Å²) in [4.78, 5) is 40.7. The van der Waals surface area contributed by atoms with Gasteiger partial charge in [0.05, 0.1) is 12.5 Å². The predicted molar refractivity (Wildman–Crippen MR) is 105 cm³/mol. The summed E-state index contributed by atoms with van der Waals surface area (Å²) in [5.74, 6) is -0.822. The number of nitrogens with zero attached hydrogens (tertiary/aromatic N) is 2. The number of amides is 3. The second-order valence-corrected chi connectivity index (χ2v) is 7.29. The molecule has 2 aromatic rings. The molecule has 2 aliphatic heterocycles. The monoisotopic (exact) mass is 377 g/mol. The zero-order chi connectivity index (χ0) is 19.5. The van der Waals surface area contributed by atoms with Crippen molar-refractivity contribution in [3.05, 3.63) is 65.7 Å². The van der Waals surface area contributed by atoms with Crippen molar-refractivity contribution in [3.8, 4) is 0 Å². The van der Waals surface area contributed by atoms with Gasteiger partial charge in [0, 0.05) is 31.7 Å². The normalized spacial score (nSPS) is 18.7. The Labute approximate surface area is 164 Å². The van der Waals surface area contributed by atoms with Crippen LogP contribution in [-0.2, 0) is 27.3 Å². The van der Waals surface area contributed by atoms with Crippen molar-refractivity contribution < 1.29 is 14.4 Å². The molecule has 0 spiro atoms. The maximum absolute atomic E-state index is 12.5. The largest absolute Gasteiger partial charge is 0.347 e. The van der Waals surface area contributed by atoms with Crippen molar-refractivity contribution in [2.24, 2.45) is 5.92 Å². The number of fused-ring (bicyclic) bond motifs is 1. The number of carbonyl (C=O) groups is 3. The van der Waals surface area contributed by atoms with Crippen molar-refractivity contribution >= 4 is 23.4 Å². The molecule has 0 saturated carbocycles. The maximum atomic E-state index is 12.5. The van der Waals surface area contributed by atoms with Gasteiger partial charge in [-0.3, -0.25) is 14.4 Å². The Kier molecular flexibility index (Phi) is 5.10. The lowest BCUT2D eigenvalue weighted by molar-refractivity contribution is -0.134. The molecule has 1 fully saturated rings. The van der Waals surface area contributed by atoms with Crippen LogP contribution < -0.4 is 10.2 Å². The first-order valence-electron chi connectivity index (χ1n) is 9.59. The minimum atomic E-state index is -0.428. The molecule has 3 amide bonds. The molecule has 144 valence electrons. The maximum Gasteiger partial charge on any atom is 0.242 e. The number of rotatable bonds is 4. The van der Waals surface area contributed by atoms with Gasteiger partial charge in [-0.05, 0) is 29.7 Å². The first-order chi connectivity index (χ1) is 13.6. The number of hydrogen-bond acceptors (Lipinski definition) is 3. The van der Waals surface area contributed by atoms with Crippen LogP contribution in [0.15, 0.2) is 54.6 Å². The lowest BCUT2D eigenvalue weighted by atomic mass is 10.00. The summed E-state index contributed by atoms with van der Waals surface area (Å²) in [6.07, 6.45) is 1.00. The lowest BCUT2D eigenvalue weighted by Gasteiger charge is -2.29. The second kappa shape index (κ2) is 7.84. The second-order valence-electron chi connectivity index (χ2n) is 7.29. The van der Waals surface area contributed by atoms with Crippen molar-refractivity contribution in [1.29, 1.82) is 0 Å². The van der Waals surface area contributed by atoms with Gasteiger partial charge in [-0.25, -0.2) is 0 Å². The van der Waals surface area contributed by atoms with Gasteiger partial charge < -0.3 is 15.1 Å². The van der Waals surface area contributed by atoms with E-state index in [9.17, 15) is 14.4 Å². The summed E-state index contributed by atoms with van der Waals surface area (Å²) >= 11 is 0. The molecule has 0 bridgehead atoms. The first kappa shape index (κ1) is 18.2. The molecule has 1 atom stereocenters. The number of benzene rings is 2. The lowest BCUT2D eigenvalue weighted by Crippen LogP contribution is -2.44. The summed E-state index contributed by atoms with van der Waals surface area (Å²) in [6, 6.07) is 17.5. The topological polar surface area (TPSA) is 69.7 Å². The number of para-hydroxylation sites is 1. The average molecular weight is 377 g/mol. The minimum absolute atomic E-state index is 0.0307. The molecule has 4 rings (SSSR count). The summed E-state index contributed by atoms with van der Waals surface area (Å²) < 4.78 is 0. The number of carbonyl (C=O) groups excluding carboxylic acids is 3. The van der Waals surface area contributed by atoms with E-state index in [0.717, 1.165) is 17.7 Å². The van der Waals surface area contributed by atoms with Crippen LogP contribution in [-0.4, -0.2) is 42.3 Å². The molecule has 6 nitrogen and oxygen atoms in total. The van der Waals surface area contributed by atoms with Gasteiger partial charge in [0.15, 0.2) is 0 Å². The van der Waals surface area contributed by atoms with Crippen LogP contribution in [0.5, 0.6) is 0 Å². The molecular formula is C22H23N3O3. The average Bonchev–Trinajstić information content (AvgIpc) is 3.13. The Hall–Kier alpha value is -3.15. The molecule has 2 aliphatic rings. The SMILES string of the molecule is O=C(NCC(=O)N1CCc2ccccc2C1)[C@H]1CC(=O)N(c2ccccc2)C1. The van der Waals surface area contributed by atoms with Crippen LogP contribution in [0.3, 0.4) is 0 Å². The fourth-order valence-electron chi connectivity index (χ4n) is 3.87. The molecule has 1 saturated heterocycles. The zero-order valence-electron chi connectivity index (χ0n) is 15.6. The van der Waals surface area contributed by atoms with Crippen LogP contribution in [0, 0.1) is 5.92 Å². The fourth-order valence-corrected chi connectivity index (χ4v) is 3.87. The molecule has 0 radical (unpaired) electrons. The highest BCUT2D eigenvalue weighted by Crippen LogP contribution is 2.25. The third kappa shape index (κ3) is 3.76. The molecule has 0 unspecified atom stereocenters. The Balaban J connectivity index is 1.30.